The van der Waals surface area contributed by atoms with Crippen molar-refractivity contribution in [3.63, 3.8) is 0 Å². The fraction of sp³-hybridized carbons (Fsp3) is 0.323. The van der Waals surface area contributed by atoms with Crippen LogP contribution in [-0.2, 0) is 33.8 Å². The lowest BCUT2D eigenvalue weighted by atomic mass is 10.1. The molecule has 0 fully saturated rings. The highest BCUT2D eigenvalue weighted by Crippen LogP contribution is 2.12. The fourth-order valence-corrected chi connectivity index (χ4v) is 4.04. The van der Waals surface area contributed by atoms with Gasteiger partial charge in [0.15, 0.2) is 0 Å². The number of hydrogen-bond acceptors (Lipinski definition) is 5. The van der Waals surface area contributed by atoms with E-state index in [1.165, 1.54) is 11.1 Å². The third-order valence-electron chi connectivity index (χ3n) is 6.29. The summed E-state index contributed by atoms with van der Waals surface area (Å²) in [4.78, 5) is 38.9. The van der Waals surface area contributed by atoms with Crippen LogP contribution < -0.4 is 21.7 Å². The lowest BCUT2D eigenvalue weighted by molar-refractivity contribution is -0.129. The first-order valence-corrected chi connectivity index (χ1v) is 13.3. The van der Waals surface area contributed by atoms with E-state index < -0.39 is 12.1 Å². The quantitative estimate of drug-likeness (QED) is 0.256. The van der Waals surface area contributed by atoms with Gasteiger partial charge in [0.05, 0.1) is 12.6 Å². The minimum atomic E-state index is -0.666. The number of nitrogens with two attached hydrogens (primary N) is 1. The number of carbonyl (C=O) groups excluding carboxylic acids is 3. The van der Waals surface area contributed by atoms with Crippen molar-refractivity contribution in [2.75, 3.05) is 25.0 Å². The number of benzene rings is 3. The second-order valence-electron chi connectivity index (χ2n) is 9.74. The Bertz CT molecular complexity index is 1180. The van der Waals surface area contributed by atoms with Crippen LogP contribution in [0.1, 0.15) is 30.5 Å². The van der Waals surface area contributed by atoms with Crippen LogP contribution in [0.5, 0.6) is 0 Å². The van der Waals surface area contributed by atoms with E-state index in [0.29, 0.717) is 19.5 Å². The number of rotatable bonds is 14. The first kappa shape index (κ1) is 29.5. The van der Waals surface area contributed by atoms with Gasteiger partial charge in [-0.1, -0.05) is 72.8 Å². The van der Waals surface area contributed by atoms with Gasteiger partial charge in [-0.3, -0.25) is 19.3 Å². The van der Waals surface area contributed by atoms with Gasteiger partial charge in [0.1, 0.15) is 6.04 Å². The summed E-state index contributed by atoms with van der Waals surface area (Å²) in [6.45, 7) is 5.37. The molecule has 0 spiro atoms. The number of nitrogens with one attached hydrogen (secondary N) is 3. The summed E-state index contributed by atoms with van der Waals surface area (Å²) in [6.07, 6.45) is 1.49. The molecule has 39 heavy (non-hydrogen) atoms. The Morgan fingerprint density at radius 1 is 0.769 bits per heavy atom. The topological polar surface area (TPSA) is 117 Å². The predicted octanol–water partition coefficient (Wildman–Crippen LogP) is 2.88. The highest BCUT2D eigenvalue weighted by atomic mass is 16.2. The van der Waals surface area contributed by atoms with Crippen molar-refractivity contribution in [3.05, 3.63) is 102 Å². The number of anilines is 1. The van der Waals surface area contributed by atoms with Crippen LogP contribution in [0.2, 0.25) is 0 Å². The molecule has 3 aromatic carbocycles. The van der Waals surface area contributed by atoms with Gasteiger partial charge >= 0.3 is 0 Å². The Balaban J connectivity index is 1.47. The molecule has 5 N–H and O–H groups in total. The summed E-state index contributed by atoms with van der Waals surface area (Å²) in [7, 11) is 0. The Morgan fingerprint density at radius 3 is 1.97 bits per heavy atom. The standard InChI is InChI=1S/C31H39N5O3/c1-23(32)30(38)34-24(2)31(39)33-19-17-26-13-15-28(16-14-26)35-29(37)22-36(21-27-11-7-4-8-12-27)20-18-25-9-5-3-6-10-25/h3-16,23-24H,17-22,32H2,1-2H3,(H,33,39)(H,34,38)(H,35,37)/t23-,24-/m1/s1. The Labute approximate surface area is 231 Å². The molecule has 0 unspecified atom stereocenters. The van der Waals surface area contributed by atoms with Gasteiger partial charge in [0.2, 0.25) is 17.7 Å². The van der Waals surface area contributed by atoms with Gasteiger partial charge < -0.3 is 21.7 Å². The first-order chi connectivity index (χ1) is 18.8. The van der Waals surface area contributed by atoms with Gasteiger partial charge in [0, 0.05) is 25.3 Å². The smallest absolute Gasteiger partial charge is 0.242 e. The van der Waals surface area contributed by atoms with Gasteiger partial charge in [-0.2, -0.15) is 0 Å². The van der Waals surface area contributed by atoms with Crippen LogP contribution in [0.4, 0.5) is 5.69 Å². The molecule has 2 atom stereocenters. The Kier molecular flexibility index (Phi) is 11.7. The molecule has 3 rings (SSSR count). The van der Waals surface area contributed by atoms with Crippen LogP contribution in [0.3, 0.4) is 0 Å². The predicted molar refractivity (Wildman–Crippen MR) is 155 cm³/mol. The molecule has 0 saturated carbocycles. The second-order valence-corrected chi connectivity index (χ2v) is 9.74. The first-order valence-electron chi connectivity index (χ1n) is 13.3. The zero-order valence-corrected chi connectivity index (χ0v) is 22.7. The van der Waals surface area contributed by atoms with E-state index >= 15 is 0 Å². The minimum absolute atomic E-state index is 0.0677. The lowest BCUT2D eigenvalue weighted by Gasteiger charge is -2.22. The molecule has 0 aromatic heterocycles. The fourth-order valence-electron chi connectivity index (χ4n) is 4.04. The molecule has 3 aromatic rings. The van der Waals surface area contributed by atoms with Crippen molar-refractivity contribution in [2.24, 2.45) is 5.73 Å². The zero-order chi connectivity index (χ0) is 28.0. The van der Waals surface area contributed by atoms with Gasteiger partial charge in [0.25, 0.3) is 0 Å². The highest BCUT2D eigenvalue weighted by Gasteiger charge is 2.17. The van der Waals surface area contributed by atoms with E-state index in [1.54, 1.807) is 13.8 Å². The van der Waals surface area contributed by atoms with Crippen LogP contribution in [0, 0.1) is 0 Å². The zero-order valence-electron chi connectivity index (χ0n) is 22.7. The summed E-state index contributed by atoms with van der Waals surface area (Å²) < 4.78 is 0. The minimum Gasteiger partial charge on any atom is -0.354 e. The molecule has 3 amide bonds. The maximum Gasteiger partial charge on any atom is 0.242 e. The maximum absolute atomic E-state index is 12.9. The van der Waals surface area contributed by atoms with Crippen LogP contribution >= 0.6 is 0 Å². The molecular weight excluding hydrogens is 490 g/mol. The third kappa shape index (κ3) is 10.7. The van der Waals surface area contributed by atoms with Gasteiger partial charge in [-0.15, -0.1) is 0 Å². The van der Waals surface area contributed by atoms with Crippen molar-refractivity contribution in [1.29, 1.82) is 0 Å². The van der Waals surface area contributed by atoms with E-state index in [2.05, 4.69) is 45.1 Å². The second kappa shape index (κ2) is 15.4. The van der Waals surface area contributed by atoms with Gasteiger partial charge in [-0.05, 0) is 55.5 Å². The van der Waals surface area contributed by atoms with Crippen LogP contribution in [0.25, 0.3) is 0 Å². The molecule has 0 bridgehead atoms. The van der Waals surface area contributed by atoms with Crippen molar-refractivity contribution >= 4 is 23.4 Å². The van der Waals surface area contributed by atoms with Crippen molar-refractivity contribution in [1.82, 2.24) is 15.5 Å². The molecule has 0 saturated heterocycles. The van der Waals surface area contributed by atoms with Crippen molar-refractivity contribution in [3.8, 4) is 0 Å². The molecule has 8 nitrogen and oxygen atoms in total. The monoisotopic (exact) mass is 529 g/mol. The molecule has 8 heteroatoms. The molecule has 0 aliphatic heterocycles. The lowest BCUT2D eigenvalue weighted by Crippen LogP contribution is -2.49. The molecule has 0 heterocycles. The summed E-state index contributed by atoms with van der Waals surface area (Å²) in [5.74, 6) is -0.697. The summed E-state index contributed by atoms with van der Waals surface area (Å²) >= 11 is 0. The third-order valence-corrected chi connectivity index (χ3v) is 6.29. The average molecular weight is 530 g/mol. The van der Waals surface area contributed by atoms with E-state index in [-0.39, 0.29) is 24.3 Å². The largest absolute Gasteiger partial charge is 0.354 e. The van der Waals surface area contributed by atoms with E-state index in [4.69, 9.17) is 5.73 Å². The number of carbonyl (C=O) groups is 3. The maximum atomic E-state index is 12.9. The number of nitrogens with zero attached hydrogens (tertiary/aromatic N) is 1. The number of hydrogen-bond donors (Lipinski definition) is 4. The van der Waals surface area contributed by atoms with E-state index in [1.807, 2.05) is 60.7 Å². The molecular formula is C31H39N5O3. The summed E-state index contributed by atoms with van der Waals surface area (Å²) in [5.41, 5.74) is 9.68. The summed E-state index contributed by atoms with van der Waals surface area (Å²) in [5, 5.41) is 8.39. The van der Waals surface area contributed by atoms with Crippen LogP contribution in [0.15, 0.2) is 84.9 Å². The number of amides is 3. The Morgan fingerprint density at radius 2 is 1.36 bits per heavy atom. The van der Waals surface area contributed by atoms with Crippen LogP contribution in [-0.4, -0.2) is 54.3 Å². The van der Waals surface area contributed by atoms with Crippen molar-refractivity contribution in [2.45, 2.75) is 45.3 Å². The normalized spacial score (nSPS) is 12.4. The van der Waals surface area contributed by atoms with E-state index in [0.717, 1.165) is 24.2 Å². The highest BCUT2D eigenvalue weighted by molar-refractivity contribution is 5.92. The summed E-state index contributed by atoms with van der Waals surface area (Å²) in [6, 6.07) is 26.7. The SMILES string of the molecule is C[C@@H](N)C(=O)N[C@H](C)C(=O)NCCc1ccc(NC(=O)CN(CCc2ccccc2)Cc2ccccc2)cc1. The van der Waals surface area contributed by atoms with E-state index in [9.17, 15) is 14.4 Å². The van der Waals surface area contributed by atoms with Gasteiger partial charge in [-0.25, -0.2) is 0 Å². The molecule has 206 valence electrons. The molecule has 0 radical (unpaired) electrons. The molecule has 0 aliphatic carbocycles. The Hall–Kier alpha value is -4.01. The van der Waals surface area contributed by atoms with Crippen molar-refractivity contribution < 1.29 is 14.4 Å². The molecule has 0 aliphatic rings. The average Bonchev–Trinajstić information content (AvgIpc) is 2.93.